The van der Waals surface area contributed by atoms with Gasteiger partial charge in [0.2, 0.25) is 0 Å². The van der Waals surface area contributed by atoms with Crippen molar-refractivity contribution >= 4 is 73.0 Å². The van der Waals surface area contributed by atoms with Crippen molar-refractivity contribution in [3.8, 4) is 17.9 Å². The molecule has 126 valence electrons. The highest BCUT2D eigenvalue weighted by atomic mass is 127. The van der Waals surface area contributed by atoms with Crippen molar-refractivity contribution in [3.63, 3.8) is 0 Å². The van der Waals surface area contributed by atoms with Gasteiger partial charge in [0.1, 0.15) is 28.4 Å². The van der Waals surface area contributed by atoms with Gasteiger partial charge in [0.05, 0.1) is 5.02 Å². The number of nitriles is 2. The summed E-state index contributed by atoms with van der Waals surface area (Å²) in [5, 5.41) is 17.5. The molecule has 0 amide bonds. The number of nitrogens with zero attached hydrogens (tertiary/aromatic N) is 2. The van der Waals surface area contributed by atoms with Gasteiger partial charge in [-0.2, -0.15) is 18.9 Å². The highest BCUT2D eigenvalue weighted by Crippen LogP contribution is 2.30. The summed E-state index contributed by atoms with van der Waals surface area (Å²) >= 11 is 10.1. The Morgan fingerprint density at radius 2 is 1.64 bits per heavy atom. The number of hydrogen-bond acceptors (Lipinski definition) is 5. The van der Waals surface area contributed by atoms with E-state index >= 15 is 0 Å². The first kappa shape index (κ1) is 20.0. The predicted molar refractivity (Wildman–Crippen MR) is 110 cm³/mol. The molecule has 0 bridgehead atoms. The molecule has 9 heteroatoms. The van der Waals surface area contributed by atoms with Gasteiger partial charge in [-0.3, -0.25) is 0 Å². The third-order valence-electron chi connectivity index (χ3n) is 2.88. The summed E-state index contributed by atoms with van der Waals surface area (Å²) in [5.41, 5.74) is 0.520. The second kappa shape index (κ2) is 8.36. The van der Waals surface area contributed by atoms with Crippen molar-refractivity contribution in [1.82, 2.24) is 0 Å². The average Bonchev–Trinajstić information content (AvgIpc) is 2.57. The van der Waals surface area contributed by atoms with Crippen LogP contribution in [0.5, 0.6) is 5.75 Å². The standard InChI is InChI=1S/C16H7ClI2N2O3S/c17-13-6-14(18)15(19)7-16(13)25(22,23)24-12-3-1-10(2-4-12)5-11(8-20)9-21/h1-7H. The average molecular weight is 597 g/mol. The van der Waals surface area contributed by atoms with Crippen molar-refractivity contribution in [3.05, 3.63) is 59.7 Å². The molecule has 0 aliphatic rings. The van der Waals surface area contributed by atoms with Gasteiger partial charge in [-0.05, 0) is 81.1 Å². The first-order valence-electron chi connectivity index (χ1n) is 6.48. The Morgan fingerprint density at radius 3 is 2.20 bits per heavy atom. The smallest absolute Gasteiger partial charge is 0.340 e. The molecule has 0 aliphatic heterocycles. The van der Waals surface area contributed by atoms with Gasteiger partial charge >= 0.3 is 10.1 Å². The van der Waals surface area contributed by atoms with Crippen LogP contribution < -0.4 is 4.18 Å². The number of halogens is 3. The van der Waals surface area contributed by atoms with Crippen LogP contribution in [0.1, 0.15) is 5.56 Å². The van der Waals surface area contributed by atoms with Crippen molar-refractivity contribution < 1.29 is 12.6 Å². The molecule has 0 spiro atoms. The Bertz CT molecular complexity index is 1020. The lowest BCUT2D eigenvalue weighted by atomic mass is 10.1. The molecule has 0 saturated carbocycles. The fraction of sp³-hybridized carbons (Fsp3) is 0. The van der Waals surface area contributed by atoms with E-state index in [4.69, 9.17) is 26.3 Å². The van der Waals surface area contributed by atoms with Crippen LogP contribution in [0.25, 0.3) is 6.08 Å². The molecule has 5 nitrogen and oxygen atoms in total. The maximum Gasteiger partial charge on any atom is 0.340 e. The molecule has 0 atom stereocenters. The van der Waals surface area contributed by atoms with E-state index in [1.165, 1.54) is 24.3 Å². The van der Waals surface area contributed by atoms with Crippen molar-refractivity contribution in [2.45, 2.75) is 4.90 Å². The van der Waals surface area contributed by atoms with E-state index in [1.54, 1.807) is 30.3 Å². The normalized spacial score (nSPS) is 10.4. The van der Waals surface area contributed by atoms with Crippen LogP contribution in [0, 0.1) is 29.8 Å². The minimum Gasteiger partial charge on any atom is -0.379 e. The molecule has 0 N–H and O–H groups in total. The zero-order valence-electron chi connectivity index (χ0n) is 12.2. The second-order valence-electron chi connectivity index (χ2n) is 4.58. The fourth-order valence-corrected chi connectivity index (χ4v) is 4.53. The molecule has 0 heterocycles. The molecule has 2 aromatic carbocycles. The summed E-state index contributed by atoms with van der Waals surface area (Å²) < 4.78 is 31.5. The molecule has 25 heavy (non-hydrogen) atoms. The highest BCUT2D eigenvalue weighted by Gasteiger charge is 2.22. The van der Waals surface area contributed by atoms with E-state index in [0.717, 1.165) is 7.14 Å². The van der Waals surface area contributed by atoms with E-state index in [0.29, 0.717) is 5.56 Å². The summed E-state index contributed by atoms with van der Waals surface area (Å²) in [4.78, 5) is -0.112. The maximum absolute atomic E-state index is 12.4. The van der Waals surface area contributed by atoms with Gasteiger partial charge in [0.15, 0.2) is 0 Å². The Morgan fingerprint density at radius 1 is 1.08 bits per heavy atom. The van der Waals surface area contributed by atoms with Crippen LogP contribution in [0.4, 0.5) is 0 Å². The first-order valence-corrected chi connectivity index (χ1v) is 10.4. The summed E-state index contributed by atoms with van der Waals surface area (Å²) in [7, 11) is -4.09. The van der Waals surface area contributed by atoms with Crippen molar-refractivity contribution in [2.75, 3.05) is 0 Å². The molecule has 0 fully saturated rings. The number of allylic oxidation sites excluding steroid dienone is 1. The van der Waals surface area contributed by atoms with Gasteiger partial charge in [-0.25, -0.2) is 0 Å². The monoisotopic (exact) mass is 596 g/mol. The lowest BCUT2D eigenvalue weighted by Gasteiger charge is -2.10. The zero-order chi connectivity index (χ0) is 18.6. The van der Waals surface area contributed by atoms with E-state index in [1.807, 2.05) is 22.6 Å². The van der Waals surface area contributed by atoms with E-state index in [-0.39, 0.29) is 21.2 Å². The summed E-state index contributed by atoms with van der Waals surface area (Å²) in [6.45, 7) is 0. The van der Waals surface area contributed by atoms with Crippen molar-refractivity contribution in [2.24, 2.45) is 0 Å². The second-order valence-corrected chi connectivity index (χ2v) is 8.83. The molecule has 2 aromatic rings. The molecule has 0 aliphatic carbocycles. The molecule has 0 saturated heterocycles. The maximum atomic E-state index is 12.4. The fourth-order valence-electron chi connectivity index (χ4n) is 1.74. The molecule has 0 radical (unpaired) electrons. The summed E-state index contributed by atoms with van der Waals surface area (Å²) in [5.74, 6) is 0.0947. The third kappa shape index (κ3) is 5.07. The lowest BCUT2D eigenvalue weighted by molar-refractivity contribution is 0.486. The molecular weight excluding hydrogens is 590 g/mol. The van der Waals surface area contributed by atoms with Crippen LogP contribution >= 0.6 is 56.8 Å². The summed E-state index contributed by atoms with van der Waals surface area (Å²) in [6, 6.07) is 12.4. The van der Waals surface area contributed by atoms with Gasteiger partial charge in [-0.1, -0.05) is 23.7 Å². The zero-order valence-corrected chi connectivity index (χ0v) is 18.1. The summed E-state index contributed by atoms with van der Waals surface area (Å²) in [6.07, 6.45) is 1.39. The SMILES string of the molecule is N#CC(C#N)=Cc1ccc(OS(=O)(=O)c2cc(I)c(I)cc2Cl)cc1. The molecular formula is C16H7ClI2N2O3S. The van der Waals surface area contributed by atoms with Crippen LogP contribution in [0.3, 0.4) is 0 Å². The topological polar surface area (TPSA) is 90.9 Å². The quantitative estimate of drug-likeness (QED) is 0.220. The number of hydrogen-bond donors (Lipinski definition) is 0. The van der Waals surface area contributed by atoms with E-state index in [2.05, 4.69) is 22.6 Å². The molecule has 0 unspecified atom stereocenters. The minimum absolute atomic E-state index is 0.0541. The van der Waals surface area contributed by atoms with Gasteiger partial charge in [-0.15, -0.1) is 0 Å². The Balaban J connectivity index is 2.31. The van der Waals surface area contributed by atoms with Crippen molar-refractivity contribution in [1.29, 1.82) is 10.5 Å². The Labute approximate surface area is 177 Å². The number of benzene rings is 2. The van der Waals surface area contributed by atoms with Gasteiger partial charge in [0.25, 0.3) is 0 Å². The Kier molecular flexibility index (Phi) is 6.68. The largest absolute Gasteiger partial charge is 0.379 e. The minimum atomic E-state index is -4.09. The van der Waals surface area contributed by atoms with Crippen LogP contribution in [0.15, 0.2) is 46.9 Å². The molecule has 2 rings (SSSR count). The number of rotatable bonds is 4. The van der Waals surface area contributed by atoms with Crippen LogP contribution in [0.2, 0.25) is 5.02 Å². The predicted octanol–water partition coefficient (Wildman–Crippen LogP) is 4.75. The van der Waals surface area contributed by atoms with Gasteiger partial charge < -0.3 is 4.18 Å². The first-order chi connectivity index (χ1) is 11.8. The van der Waals surface area contributed by atoms with Gasteiger partial charge in [0, 0.05) is 7.14 Å². The molecule has 0 aromatic heterocycles. The third-order valence-corrected chi connectivity index (χ3v) is 7.41. The lowest BCUT2D eigenvalue weighted by Crippen LogP contribution is -2.11. The Hall–Kier alpha value is -1.34. The van der Waals surface area contributed by atoms with Crippen LogP contribution in [-0.4, -0.2) is 8.42 Å². The van der Waals surface area contributed by atoms with E-state index < -0.39 is 10.1 Å². The van der Waals surface area contributed by atoms with E-state index in [9.17, 15) is 8.42 Å². The highest BCUT2D eigenvalue weighted by molar-refractivity contribution is 14.1. The van der Waals surface area contributed by atoms with Crippen LogP contribution in [-0.2, 0) is 10.1 Å².